The summed E-state index contributed by atoms with van der Waals surface area (Å²) in [6, 6.07) is 3.71. The van der Waals surface area contributed by atoms with Crippen molar-refractivity contribution in [2.24, 2.45) is 4.99 Å². The fourth-order valence-corrected chi connectivity index (χ4v) is 2.36. The minimum atomic E-state index is -0.520. The van der Waals surface area contributed by atoms with Gasteiger partial charge in [0.2, 0.25) is 5.75 Å². The van der Waals surface area contributed by atoms with E-state index in [1.54, 1.807) is 28.4 Å². The Morgan fingerprint density at radius 1 is 0.966 bits per heavy atom. The molecule has 0 atom stereocenters. The fraction of sp³-hybridized carbons (Fsp3) is 0.579. The maximum Gasteiger partial charge on any atom is 0.407 e. The summed E-state index contributed by atoms with van der Waals surface area (Å²) in [6.07, 6.45) is -0.452. The third kappa shape index (κ3) is 9.29. The van der Waals surface area contributed by atoms with Gasteiger partial charge in [0.25, 0.3) is 0 Å². The number of halogens is 1. The molecule has 1 rings (SSSR count). The van der Waals surface area contributed by atoms with Gasteiger partial charge in [0.05, 0.1) is 21.3 Å². The Kier molecular flexibility index (Phi) is 12.2. The van der Waals surface area contributed by atoms with Crippen LogP contribution in [0.1, 0.15) is 26.3 Å². The summed E-state index contributed by atoms with van der Waals surface area (Å²) >= 11 is 0. The molecule has 0 aliphatic rings. The van der Waals surface area contributed by atoms with Crippen molar-refractivity contribution in [1.29, 1.82) is 0 Å². The molecule has 10 heteroatoms. The van der Waals surface area contributed by atoms with Crippen LogP contribution in [0.5, 0.6) is 17.2 Å². The van der Waals surface area contributed by atoms with E-state index in [1.807, 2.05) is 32.9 Å². The number of nitrogens with zero attached hydrogens (tertiary/aromatic N) is 1. The van der Waals surface area contributed by atoms with Crippen molar-refractivity contribution in [3.8, 4) is 17.2 Å². The second-order valence-corrected chi connectivity index (χ2v) is 6.77. The molecular weight excluding hydrogens is 491 g/mol. The summed E-state index contributed by atoms with van der Waals surface area (Å²) in [6.45, 7) is 6.80. The van der Waals surface area contributed by atoms with Gasteiger partial charge in [0.1, 0.15) is 5.60 Å². The third-order valence-corrected chi connectivity index (χ3v) is 3.54. The van der Waals surface area contributed by atoms with Crippen LogP contribution in [-0.4, -0.2) is 59.1 Å². The first-order chi connectivity index (χ1) is 13.3. The minimum Gasteiger partial charge on any atom is -0.493 e. The van der Waals surface area contributed by atoms with Crippen molar-refractivity contribution in [2.45, 2.75) is 32.9 Å². The lowest BCUT2D eigenvalue weighted by molar-refractivity contribution is 0.0529. The number of aliphatic imine (C=N–C) groups is 1. The highest BCUT2D eigenvalue weighted by molar-refractivity contribution is 14.0. The zero-order chi connectivity index (χ0) is 21.2. The Morgan fingerprint density at radius 3 is 2.10 bits per heavy atom. The number of ether oxygens (including phenoxy) is 4. The molecule has 0 unspecified atom stereocenters. The number of carbonyl (C=O) groups excluding carboxylic acids is 1. The first kappa shape index (κ1) is 26.9. The van der Waals surface area contributed by atoms with Gasteiger partial charge >= 0.3 is 6.09 Å². The second kappa shape index (κ2) is 13.2. The number of hydrogen-bond donors (Lipinski definition) is 3. The highest BCUT2D eigenvalue weighted by Crippen LogP contribution is 2.39. The Labute approximate surface area is 189 Å². The normalized spacial score (nSPS) is 11.1. The van der Waals surface area contributed by atoms with Crippen LogP contribution in [0.25, 0.3) is 0 Å². The quantitative estimate of drug-likeness (QED) is 0.208. The topological polar surface area (TPSA) is 102 Å². The van der Waals surface area contributed by atoms with Gasteiger partial charge < -0.3 is 34.9 Å². The first-order valence-corrected chi connectivity index (χ1v) is 8.95. The smallest absolute Gasteiger partial charge is 0.407 e. The van der Waals surface area contributed by atoms with Crippen molar-refractivity contribution in [2.75, 3.05) is 41.5 Å². The second-order valence-electron chi connectivity index (χ2n) is 6.77. The maximum atomic E-state index is 11.6. The first-order valence-electron chi connectivity index (χ1n) is 8.95. The number of benzene rings is 1. The number of alkyl carbamates (subject to hydrolysis) is 1. The van der Waals surface area contributed by atoms with Crippen LogP contribution in [-0.2, 0) is 11.3 Å². The average molecular weight is 524 g/mol. The van der Waals surface area contributed by atoms with E-state index in [0.29, 0.717) is 42.8 Å². The molecular formula is C19H33IN4O5. The Bertz CT molecular complexity index is 677. The molecule has 0 aliphatic heterocycles. The third-order valence-electron chi connectivity index (χ3n) is 3.54. The largest absolute Gasteiger partial charge is 0.493 e. The van der Waals surface area contributed by atoms with E-state index in [1.165, 1.54) is 0 Å². The van der Waals surface area contributed by atoms with Crippen molar-refractivity contribution < 1.29 is 23.7 Å². The van der Waals surface area contributed by atoms with Gasteiger partial charge in [-0.1, -0.05) is 0 Å². The summed E-state index contributed by atoms with van der Waals surface area (Å²) in [5.74, 6) is 2.31. The molecule has 1 amide bonds. The van der Waals surface area contributed by atoms with Crippen molar-refractivity contribution in [3.63, 3.8) is 0 Å². The van der Waals surface area contributed by atoms with Crippen LogP contribution in [0, 0.1) is 0 Å². The fourth-order valence-electron chi connectivity index (χ4n) is 2.36. The molecule has 1 aromatic rings. The summed E-state index contributed by atoms with van der Waals surface area (Å²) < 4.78 is 21.3. The van der Waals surface area contributed by atoms with E-state index in [-0.39, 0.29) is 24.0 Å². The molecule has 0 saturated carbocycles. The average Bonchev–Trinajstić information content (AvgIpc) is 2.64. The number of nitrogens with one attached hydrogen (secondary N) is 3. The Hall–Kier alpha value is -2.11. The lowest BCUT2D eigenvalue weighted by atomic mass is 10.1. The molecule has 1 aromatic carbocycles. The Balaban J connectivity index is 0.00000784. The monoisotopic (exact) mass is 524 g/mol. The van der Waals surface area contributed by atoms with Gasteiger partial charge in [-0.3, -0.25) is 4.99 Å². The van der Waals surface area contributed by atoms with Gasteiger partial charge in [0, 0.05) is 32.2 Å². The standard InChI is InChI=1S/C19H32N4O5.HI/c1-19(2,3)28-18(24)22-11-10-21-17(20-4)23-12-13-8-9-14(25-5)16(27-7)15(13)26-6;/h8-9H,10-12H2,1-7H3,(H,22,24)(H2,20,21,23);1H. The minimum absolute atomic E-state index is 0. The van der Waals surface area contributed by atoms with Crippen LogP contribution < -0.4 is 30.2 Å². The number of hydrogen-bond acceptors (Lipinski definition) is 6. The van der Waals surface area contributed by atoms with Crippen LogP contribution >= 0.6 is 24.0 Å². The molecule has 0 spiro atoms. The van der Waals surface area contributed by atoms with E-state index in [9.17, 15) is 4.79 Å². The van der Waals surface area contributed by atoms with Gasteiger partial charge in [-0.05, 0) is 32.9 Å². The van der Waals surface area contributed by atoms with E-state index in [4.69, 9.17) is 18.9 Å². The number of guanidine groups is 1. The number of amides is 1. The molecule has 0 fully saturated rings. The summed E-state index contributed by atoms with van der Waals surface area (Å²) in [7, 11) is 6.39. The summed E-state index contributed by atoms with van der Waals surface area (Å²) in [5.41, 5.74) is 0.364. The van der Waals surface area contributed by atoms with Crippen LogP contribution in [0.15, 0.2) is 17.1 Å². The maximum absolute atomic E-state index is 11.6. The molecule has 0 aliphatic carbocycles. The van der Waals surface area contributed by atoms with Gasteiger partial charge in [0.15, 0.2) is 17.5 Å². The van der Waals surface area contributed by atoms with E-state index >= 15 is 0 Å². The van der Waals surface area contributed by atoms with E-state index in [2.05, 4.69) is 20.9 Å². The molecule has 0 aromatic heterocycles. The molecule has 29 heavy (non-hydrogen) atoms. The molecule has 166 valence electrons. The van der Waals surface area contributed by atoms with Crippen molar-refractivity contribution >= 4 is 36.0 Å². The molecule has 0 heterocycles. The Morgan fingerprint density at radius 2 is 1.59 bits per heavy atom. The van der Waals surface area contributed by atoms with Crippen LogP contribution in [0.4, 0.5) is 4.79 Å². The highest BCUT2D eigenvalue weighted by atomic mass is 127. The van der Waals surface area contributed by atoms with Crippen molar-refractivity contribution in [3.05, 3.63) is 17.7 Å². The molecule has 9 nitrogen and oxygen atoms in total. The highest BCUT2D eigenvalue weighted by Gasteiger charge is 2.16. The molecule has 0 bridgehead atoms. The molecule has 0 radical (unpaired) electrons. The van der Waals surface area contributed by atoms with Gasteiger partial charge in [-0.25, -0.2) is 4.79 Å². The lowest BCUT2D eigenvalue weighted by Crippen LogP contribution is -2.42. The predicted molar refractivity (Wildman–Crippen MR) is 124 cm³/mol. The van der Waals surface area contributed by atoms with Crippen LogP contribution in [0.3, 0.4) is 0 Å². The number of carbonyl (C=O) groups is 1. The zero-order valence-electron chi connectivity index (χ0n) is 18.2. The van der Waals surface area contributed by atoms with Gasteiger partial charge in [-0.15, -0.1) is 24.0 Å². The van der Waals surface area contributed by atoms with E-state index in [0.717, 1.165) is 5.56 Å². The molecule has 0 saturated heterocycles. The lowest BCUT2D eigenvalue weighted by Gasteiger charge is -2.20. The van der Waals surface area contributed by atoms with Crippen LogP contribution in [0.2, 0.25) is 0 Å². The number of rotatable bonds is 8. The van der Waals surface area contributed by atoms with E-state index < -0.39 is 11.7 Å². The molecule has 3 N–H and O–H groups in total. The summed E-state index contributed by atoms with van der Waals surface area (Å²) in [5, 5.41) is 8.99. The SMILES string of the molecule is CN=C(NCCNC(=O)OC(C)(C)C)NCc1ccc(OC)c(OC)c1OC.I. The summed E-state index contributed by atoms with van der Waals surface area (Å²) in [4.78, 5) is 15.8. The predicted octanol–water partition coefficient (Wildman–Crippen LogP) is 2.52. The number of methoxy groups -OCH3 is 3. The van der Waals surface area contributed by atoms with Crippen molar-refractivity contribution in [1.82, 2.24) is 16.0 Å². The van der Waals surface area contributed by atoms with Gasteiger partial charge in [-0.2, -0.15) is 0 Å². The zero-order valence-corrected chi connectivity index (χ0v) is 20.5.